The van der Waals surface area contributed by atoms with Crippen molar-refractivity contribution < 1.29 is 4.79 Å². The molecule has 4 nitrogen and oxygen atoms in total. The summed E-state index contributed by atoms with van der Waals surface area (Å²) in [5.41, 5.74) is 0. The molecule has 1 N–H and O–H groups in total. The highest BCUT2D eigenvalue weighted by Crippen LogP contribution is 2.18. The molecule has 1 amide bonds. The Balaban J connectivity index is 2.20. The molecule has 1 fully saturated rings. The highest BCUT2D eigenvalue weighted by molar-refractivity contribution is 5.78. The first-order chi connectivity index (χ1) is 9.52. The van der Waals surface area contributed by atoms with Crippen LogP contribution in [0, 0.1) is 5.92 Å². The fourth-order valence-corrected chi connectivity index (χ4v) is 2.73. The number of carbonyl (C=O) groups excluding carboxylic acids is 1. The standard InChI is InChI=1S/C16H33N3O/c1-5-6-9-18(4)13-15-7-10-19(11-8-15)16(20)12-17-14(2)3/h14-15,17H,5-13H2,1-4H3. The van der Waals surface area contributed by atoms with Crippen molar-refractivity contribution in [3.63, 3.8) is 0 Å². The van der Waals surface area contributed by atoms with E-state index in [9.17, 15) is 4.79 Å². The third-order valence-electron chi connectivity index (χ3n) is 4.09. The van der Waals surface area contributed by atoms with Crippen molar-refractivity contribution in [2.75, 3.05) is 39.8 Å². The Morgan fingerprint density at radius 2 is 2.00 bits per heavy atom. The lowest BCUT2D eigenvalue weighted by molar-refractivity contribution is -0.131. The number of amides is 1. The number of piperidine rings is 1. The number of hydrogen-bond donors (Lipinski definition) is 1. The third kappa shape index (κ3) is 6.71. The number of carbonyl (C=O) groups is 1. The van der Waals surface area contributed by atoms with Crippen LogP contribution in [-0.2, 0) is 4.79 Å². The molecule has 4 heteroatoms. The van der Waals surface area contributed by atoms with Gasteiger partial charge in [0.2, 0.25) is 5.91 Å². The van der Waals surface area contributed by atoms with Crippen LogP contribution in [0.15, 0.2) is 0 Å². The monoisotopic (exact) mass is 283 g/mol. The van der Waals surface area contributed by atoms with Gasteiger partial charge in [0.25, 0.3) is 0 Å². The molecule has 0 aliphatic carbocycles. The molecule has 1 aliphatic rings. The van der Waals surface area contributed by atoms with Crippen LogP contribution in [-0.4, -0.2) is 61.5 Å². The van der Waals surface area contributed by atoms with E-state index in [-0.39, 0.29) is 5.91 Å². The molecular formula is C16H33N3O. The molecule has 0 radical (unpaired) electrons. The van der Waals surface area contributed by atoms with Crippen LogP contribution in [0.4, 0.5) is 0 Å². The highest BCUT2D eigenvalue weighted by Gasteiger charge is 2.23. The van der Waals surface area contributed by atoms with Gasteiger partial charge in [0.1, 0.15) is 0 Å². The third-order valence-corrected chi connectivity index (χ3v) is 4.09. The molecule has 1 aliphatic heterocycles. The second-order valence-corrected chi connectivity index (χ2v) is 6.48. The first kappa shape index (κ1) is 17.4. The molecule has 0 aromatic carbocycles. The van der Waals surface area contributed by atoms with Crippen molar-refractivity contribution in [3.8, 4) is 0 Å². The summed E-state index contributed by atoms with van der Waals surface area (Å²) < 4.78 is 0. The Morgan fingerprint density at radius 1 is 1.35 bits per heavy atom. The molecule has 0 aromatic heterocycles. The van der Waals surface area contributed by atoms with Gasteiger partial charge < -0.3 is 15.1 Å². The van der Waals surface area contributed by atoms with Gasteiger partial charge in [-0.05, 0) is 38.8 Å². The highest BCUT2D eigenvalue weighted by atomic mass is 16.2. The summed E-state index contributed by atoms with van der Waals surface area (Å²) in [5.74, 6) is 1.02. The predicted molar refractivity (Wildman–Crippen MR) is 84.8 cm³/mol. The average Bonchev–Trinajstić information content (AvgIpc) is 2.43. The molecule has 1 heterocycles. The first-order valence-corrected chi connectivity index (χ1v) is 8.22. The molecule has 0 unspecified atom stereocenters. The molecule has 0 spiro atoms. The number of rotatable bonds is 8. The fourth-order valence-electron chi connectivity index (χ4n) is 2.73. The molecule has 0 bridgehead atoms. The lowest BCUT2D eigenvalue weighted by atomic mass is 9.96. The van der Waals surface area contributed by atoms with Crippen molar-refractivity contribution in [2.24, 2.45) is 5.92 Å². The first-order valence-electron chi connectivity index (χ1n) is 8.22. The van der Waals surface area contributed by atoms with E-state index in [0.717, 1.165) is 31.8 Å². The molecule has 0 aromatic rings. The Bertz CT molecular complexity index is 273. The largest absolute Gasteiger partial charge is 0.342 e. The summed E-state index contributed by atoms with van der Waals surface area (Å²) in [4.78, 5) is 16.5. The topological polar surface area (TPSA) is 35.6 Å². The Hall–Kier alpha value is -0.610. The van der Waals surface area contributed by atoms with E-state index in [1.165, 1.54) is 25.9 Å². The molecule has 0 saturated carbocycles. The SMILES string of the molecule is CCCCN(C)CC1CCN(C(=O)CNC(C)C)CC1. The van der Waals surface area contributed by atoms with Gasteiger partial charge >= 0.3 is 0 Å². The average molecular weight is 283 g/mol. The summed E-state index contributed by atoms with van der Waals surface area (Å²) in [5, 5.41) is 3.21. The van der Waals surface area contributed by atoms with Crippen LogP contribution in [0.1, 0.15) is 46.5 Å². The van der Waals surface area contributed by atoms with Crippen LogP contribution < -0.4 is 5.32 Å². The molecule has 1 saturated heterocycles. The predicted octanol–water partition coefficient (Wildman–Crippen LogP) is 1.95. The van der Waals surface area contributed by atoms with E-state index in [0.29, 0.717) is 12.6 Å². The zero-order chi connectivity index (χ0) is 15.0. The molecular weight excluding hydrogens is 250 g/mol. The molecule has 20 heavy (non-hydrogen) atoms. The van der Waals surface area contributed by atoms with Gasteiger partial charge in [-0.15, -0.1) is 0 Å². The minimum Gasteiger partial charge on any atom is -0.342 e. The smallest absolute Gasteiger partial charge is 0.236 e. The zero-order valence-electron chi connectivity index (χ0n) is 13.8. The maximum Gasteiger partial charge on any atom is 0.236 e. The molecule has 1 rings (SSSR count). The summed E-state index contributed by atoms with van der Waals surface area (Å²) in [6.45, 7) is 11.1. The quantitative estimate of drug-likeness (QED) is 0.739. The normalized spacial score (nSPS) is 17.2. The van der Waals surface area contributed by atoms with Gasteiger partial charge in [-0.3, -0.25) is 4.79 Å². The van der Waals surface area contributed by atoms with Crippen LogP contribution in [0.5, 0.6) is 0 Å². The Kier molecular flexibility index (Phi) is 8.15. The van der Waals surface area contributed by atoms with Gasteiger partial charge in [-0.2, -0.15) is 0 Å². The van der Waals surface area contributed by atoms with E-state index in [1.54, 1.807) is 0 Å². The van der Waals surface area contributed by atoms with E-state index < -0.39 is 0 Å². The minimum absolute atomic E-state index is 0.261. The summed E-state index contributed by atoms with van der Waals surface area (Å²) in [6.07, 6.45) is 4.86. The van der Waals surface area contributed by atoms with Crippen molar-refractivity contribution in [3.05, 3.63) is 0 Å². The molecule has 0 atom stereocenters. The number of unbranched alkanes of at least 4 members (excludes halogenated alkanes) is 1. The van der Waals surface area contributed by atoms with Crippen LogP contribution >= 0.6 is 0 Å². The summed E-state index contributed by atoms with van der Waals surface area (Å²) >= 11 is 0. The fraction of sp³-hybridized carbons (Fsp3) is 0.938. The minimum atomic E-state index is 0.261. The van der Waals surface area contributed by atoms with Gasteiger partial charge in [0, 0.05) is 25.7 Å². The van der Waals surface area contributed by atoms with E-state index >= 15 is 0 Å². The van der Waals surface area contributed by atoms with Gasteiger partial charge in [0.15, 0.2) is 0 Å². The lowest BCUT2D eigenvalue weighted by Gasteiger charge is -2.34. The van der Waals surface area contributed by atoms with Crippen molar-refractivity contribution in [2.45, 2.75) is 52.5 Å². The second-order valence-electron chi connectivity index (χ2n) is 6.48. The summed E-state index contributed by atoms with van der Waals surface area (Å²) in [7, 11) is 2.22. The maximum absolute atomic E-state index is 12.0. The number of hydrogen-bond acceptors (Lipinski definition) is 3. The van der Waals surface area contributed by atoms with Crippen molar-refractivity contribution >= 4 is 5.91 Å². The number of likely N-dealkylation sites (tertiary alicyclic amines) is 1. The number of nitrogens with zero attached hydrogens (tertiary/aromatic N) is 2. The van der Waals surface area contributed by atoms with Crippen LogP contribution in [0.3, 0.4) is 0 Å². The van der Waals surface area contributed by atoms with Crippen molar-refractivity contribution in [1.29, 1.82) is 0 Å². The van der Waals surface area contributed by atoms with Gasteiger partial charge in [-0.25, -0.2) is 0 Å². The van der Waals surface area contributed by atoms with Crippen LogP contribution in [0.2, 0.25) is 0 Å². The van der Waals surface area contributed by atoms with Crippen molar-refractivity contribution in [1.82, 2.24) is 15.1 Å². The molecule has 118 valence electrons. The van der Waals surface area contributed by atoms with Gasteiger partial charge in [-0.1, -0.05) is 27.2 Å². The van der Waals surface area contributed by atoms with Gasteiger partial charge in [0.05, 0.1) is 6.54 Å². The van der Waals surface area contributed by atoms with E-state index in [2.05, 4.69) is 38.0 Å². The summed E-state index contributed by atoms with van der Waals surface area (Å²) in [6, 6.07) is 0.378. The Labute approximate surface area is 124 Å². The lowest BCUT2D eigenvalue weighted by Crippen LogP contribution is -2.45. The second kappa shape index (κ2) is 9.35. The van der Waals surface area contributed by atoms with E-state index in [4.69, 9.17) is 0 Å². The Morgan fingerprint density at radius 3 is 2.55 bits per heavy atom. The van der Waals surface area contributed by atoms with E-state index in [1.807, 2.05) is 4.90 Å². The van der Waals surface area contributed by atoms with Crippen LogP contribution in [0.25, 0.3) is 0 Å². The maximum atomic E-state index is 12.0. The number of nitrogens with one attached hydrogen (secondary N) is 1. The zero-order valence-corrected chi connectivity index (χ0v) is 13.8.